The first-order valence-corrected chi connectivity index (χ1v) is 10.6. The van der Waals surface area contributed by atoms with E-state index in [1.54, 1.807) is 12.1 Å². The van der Waals surface area contributed by atoms with E-state index in [4.69, 9.17) is 4.99 Å². The summed E-state index contributed by atoms with van der Waals surface area (Å²) in [5, 5.41) is 3.72. The fraction of sp³-hybridized carbons (Fsp3) is 0.619. The number of alkyl halides is 3. The molecule has 3 heterocycles. The molecule has 4 aliphatic rings. The Hall–Kier alpha value is -2.13. The van der Waals surface area contributed by atoms with E-state index in [0.29, 0.717) is 6.54 Å². The molecular formula is C21H26F3N5O. The molecule has 3 N–H and O–H groups in total. The van der Waals surface area contributed by atoms with Crippen molar-refractivity contribution in [1.82, 2.24) is 21.1 Å². The maximum Gasteiger partial charge on any atom is 0.416 e. The minimum absolute atomic E-state index is 0.0224. The zero-order valence-corrected chi connectivity index (χ0v) is 16.7. The van der Waals surface area contributed by atoms with Crippen LogP contribution in [0.15, 0.2) is 29.3 Å². The van der Waals surface area contributed by atoms with Gasteiger partial charge in [-0.25, -0.2) is 5.43 Å². The van der Waals surface area contributed by atoms with Gasteiger partial charge in [-0.1, -0.05) is 18.6 Å². The number of carbonyl (C=O) groups is 1. The first-order valence-electron chi connectivity index (χ1n) is 10.6. The van der Waals surface area contributed by atoms with Gasteiger partial charge in [0.25, 0.3) is 0 Å². The summed E-state index contributed by atoms with van der Waals surface area (Å²) in [5.74, 6) is 0.988. The third-order valence-electron chi connectivity index (χ3n) is 7.21. The monoisotopic (exact) mass is 421 g/mol. The van der Waals surface area contributed by atoms with E-state index in [-0.39, 0.29) is 41.8 Å². The molecule has 162 valence electrons. The normalized spacial score (nSPS) is 36.2. The van der Waals surface area contributed by atoms with Gasteiger partial charge in [-0.05, 0) is 30.5 Å². The molecule has 0 aromatic heterocycles. The summed E-state index contributed by atoms with van der Waals surface area (Å²) in [4.78, 5) is 19.4. The summed E-state index contributed by atoms with van der Waals surface area (Å²) < 4.78 is 39.2. The van der Waals surface area contributed by atoms with Crippen molar-refractivity contribution in [3.8, 4) is 0 Å². The molecule has 0 bridgehead atoms. The van der Waals surface area contributed by atoms with E-state index in [2.05, 4.69) is 21.1 Å². The van der Waals surface area contributed by atoms with Crippen molar-refractivity contribution in [1.29, 1.82) is 0 Å². The Bertz CT molecular complexity index is 855. The number of hydrogen-bond donors (Lipinski definition) is 3. The number of nitrogens with zero attached hydrogens (tertiary/aromatic N) is 2. The van der Waals surface area contributed by atoms with E-state index in [0.717, 1.165) is 49.3 Å². The predicted octanol–water partition coefficient (Wildman–Crippen LogP) is 2.10. The van der Waals surface area contributed by atoms with Gasteiger partial charge in [-0.2, -0.15) is 13.2 Å². The quantitative estimate of drug-likeness (QED) is 0.684. The number of likely N-dealkylation sites (N-methyl/N-ethyl adjacent to an activating group) is 1. The number of benzene rings is 1. The largest absolute Gasteiger partial charge is 0.416 e. The lowest BCUT2D eigenvalue weighted by Crippen LogP contribution is -2.72. The minimum Gasteiger partial charge on any atom is -0.361 e. The number of halogens is 3. The molecule has 1 saturated carbocycles. The molecule has 6 nitrogen and oxygen atoms in total. The van der Waals surface area contributed by atoms with Crippen LogP contribution in [0.25, 0.3) is 0 Å². The van der Waals surface area contributed by atoms with Gasteiger partial charge >= 0.3 is 6.18 Å². The second-order valence-electron chi connectivity index (χ2n) is 8.83. The van der Waals surface area contributed by atoms with E-state index in [1.807, 2.05) is 7.05 Å². The van der Waals surface area contributed by atoms with Crippen LogP contribution in [0, 0.1) is 17.8 Å². The zero-order valence-electron chi connectivity index (χ0n) is 16.7. The van der Waals surface area contributed by atoms with Gasteiger partial charge in [0.05, 0.1) is 18.0 Å². The summed E-state index contributed by atoms with van der Waals surface area (Å²) in [7, 11) is 2.00. The molecule has 2 saturated heterocycles. The van der Waals surface area contributed by atoms with Crippen LogP contribution < -0.4 is 16.2 Å². The van der Waals surface area contributed by atoms with Crippen molar-refractivity contribution in [2.45, 2.75) is 43.6 Å². The molecule has 1 amide bonds. The summed E-state index contributed by atoms with van der Waals surface area (Å²) in [6.07, 6.45) is -1.57. The van der Waals surface area contributed by atoms with Gasteiger partial charge < -0.3 is 10.2 Å². The van der Waals surface area contributed by atoms with Crippen LogP contribution in [0.5, 0.6) is 0 Å². The summed E-state index contributed by atoms with van der Waals surface area (Å²) in [6, 6.07) is 5.39. The van der Waals surface area contributed by atoms with Crippen molar-refractivity contribution >= 4 is 11.7 Å². The van der Waals surface area contributed by atoms with Gasteiger partial charge in [-0.15, -0.1) is 0 Å². The van der Waals surface area contributed by atoms with Crippen LogP contribution in [-0.2, 0) is 11.0 Å². The lowest BCUT2D eigenvalue weighted by Gasteiger charge is -2.55. The minimum atomic E-state index is -4.36. The van der Waals surface area contributed by atoms with Crippen molar-refractivity contribution in [2.75, 3.05) is 20.1 Å². The Morgan fingerprint density at radius 3 is 2.60 bits per heavy atom. The van der Waals surface area contributed by atoms with Crippen LogP contribution >= 0.6 is 0 Å². The lowest BCUT2D eigenvalue weighted by atomic mass is 9.63. The summed E-state index contributed by atoms with van der Waals surface area (Å²) in [5.41, 5.74) is 6.29. The number of amides is 1. The molecule has 1 aliphatic carbocycles. The first-order chi connectivity index (χ1) is 14.3. The van der Waals surface area contributed by atoms with Gasteiger partial charge in [0.2, 0.25) is 5.91 Å². The Kier molecular flexibility index (Phi) is 4.77. The van der Waals surface area contributed by atoms with E-state index < -0.39 is 11.7 Å². The van der Waals surface area contributed by atoms with Gasteiger partial charge in [0.1, 0.15) is 5.84 Å². The van der Waals surface area contributed by atoms with Crippen LogP contribution in [0.3, 0.4) is 0 Å². The molecule has 30 heavy (non-hydrogen) atoms. The zero-order chi connectivity index (χ0) is 21.0. The lowest BCUT2D eigenvalue weighted by molar-refractivity contribution is -0.137. The molecule has 9 heteroatoms. The highest BCUT2D eigenvalue weighted by atomic mass is 19.4. The molecule has 3 aliphatic heterocycles. The Morgan fingerprint density at radius 2 is 1.93 bits per heavy atom. The van der Waals surface area contributed by atoms with E-state index in [1.165, 1.54) is 0 Å². The molecule has 1 aromatic carbocycles. The summed E-state index contributed by atoms with van der Waals surface area (Å²) >= 11 is 0. The van der Waals surface area contributed by atoms with Crippen LogP contribution in [0.1, 0.15) is 36.4 Å². The fourth-order valence-corrected chi connectivity index (χ4v) is 5.84. The maximum absolute atomic E-state index is 13.1. The number of amidine groups is 1. The molecule has 0 radical (unpaired) electrons. The second-order valence-corrected chi connectivity index (χ2v) is 8.83. The third kappa shape index (κ3) is 3.19. The number of aliphatic imine (C=N–C) groups is 1. The van der Waals surface area contributed by atoms with Gasteiger partial charge in [0.15, 0.2) is 0 Å². The SMILES string of the molecule is CN1CCN=C1C1C(c2ccc(C(F)(F)F)cc2)NC2CCCC3C(=O)NNC1C23. The number of nitrogens with one attached hydrogen (secondary N) is 3. The highest BCUT2D eigenvalue weighted by Gasteiger charge is 2.55. The van der Waals surface area contributed by atoms with E-state index in [9.17, 15) is 18.0 Å². The molecule has 1 aromatic rings. The van der Waals surface area contributed by atoms with Crippen molar-refractivity contribution in [2.24, 2.45) is 22.7 Å². The Morgan fingerprint density at radius 1 is 1.17 bits per heavy atom. The number of piperidine rings is 1. The molecule has 3 fully saturated rings. The Labute approximate surface area is 173 Å². The molecule has 0 spiro atoms. The molecule has 6 atom stereocenters. The van der Waals surface area contributed by atoms with Gasteiger partial charge in [-0.3, -0.25) is 15.2 Å². The molecule has 5 rings (SSSR count). The predicted molar refractivity (Wildman–Crippen MR) is 105 cm³/mol. The van der Waals surface area contributed by atoms with Gasteiger partial charge in [0, 0.05) is 43.6 Å². The second kappa shape index (κ2) is 7.23. The topological polar surface area (TPSA) is 68.8 Å². The maximum atomic E-state index is 13.1. The summed E-state index contributed by atoms with van der Waals surface area (Å²) in [6.45, 7) is 1.53. The van der Waals surface area contributed by atoms with Crippen molar-refractivity contribution in [3.63, 3.8) is 0 Å². The smallest absolute Gasteiger partial charge is 0.361 e. The van der Waals surface area contributed by atoms with Crippen molar-refractivity contribution < 1.29 is 18.0 Å². The number of rotatable bonds is 2. The van der Waals surface area contributed by atoms with Crippen LogP contribution in [-0.4, -0.2) is 48.9 Å². The fourth-order valence-electron chi connectivity index (χ4n) is 5.84. The number of hydrogen-bond acceptors (Lipinski definition) is 5. The first kappa shape index (κ1) is 19.8. The van der Waals surface area contributed by atoms with Crippen LogP contribution in [0.2, 0.25) is 0 Å². The average Bonchev–Trinajstić information content (AvgIpc) is 3.15. The van der Waals surface area contributed by atoms with E-state index >= 15 is 0 Å². The molecule has 6 unspecified atom stereocenters. The number of carbonyl (C=O) groups excluding carboxylic acids is 1. The highest BCUT2D eigenvalue weighted by molar-refractivity contribution is 5.88. The highest BCUT2D eigenvalue weighted by Crippen LogP contribution is 2.46. The Balaban J connectivity index is 1.54. The average molecular weight is 421 g/mol. The third-order valence-corrected chi connectivity index (χ3v) is 7.21. The standard InChI is InChI=1S/C21H26F3N5O/c1-29-10-9-25-19(29)16-17(11-5-7-12(8-6-11)21(22,23)24)26-14-4-2-3-13-15(14)18(16)27-28-20(13)30/h5-8,13-18,26-27H,2-4,9-10H2,1H3,(H,28,30). The molecular weight excluding hydrogens is 395 g/mol. The number of hydrazine groups is 1. The van der Waals surface area contributed by atoms with Crippen LogP contribution in [0.4, 0.5) is 13.2 Å². The van der Waals surface area contributed by atoms with Crippen molar-refractivity contribution in [3.05, 3.63) is 35.4 Å².